The highest BCUT2D eigenvalue weighted by molar-refractivity contribution is 6.00. The van der Waals surface area contributed by atoms with Crippen molar-refractivity contribution in [3.63, 3.8) is 0 Å². The molecule has 0 aliphatic carbocycles. The molecule has 0 bridgehead atoms. The van der Waals surface area contributed by atoms with Gasteiger partial charge in [0, 0.05) is 11.3 Å². The minimum absolute atomic E-state index is 0.148. The van der Waals surface area contributed by atoms with Gasteiger partial charge in [-0.25, -0.2) is 0 Å². The van der Waals surface area contributed by atoms with Crippen molar-refractivity contribution in [3.8, 4) is 23.3 Å². The van der Waals surface area contributed by atoms with Gasteiger partial charge < -0.3 is 14.5 Å². The van der Waals surface area contributed by atoms with Gasteiger partial charge in [-0.1, -0.05) is 0 Å². The Morgan fingerprint density at radius 3 is 2.46 bits per heavy atom. The molecule has 0 radical (unpaired) electrons. The summed E-state index contributed by atoms with van der Waals surface area (Å²) in [4.78, 5) is 12.1. The zero-order valence-corrected chi connectivity index (χ0v) is 12.7. The second-order valence-corrected chi connectivity index (χ2v) is 4.78. The molecule has 3 rings (SSSR count). The van der Waals surface area contributed by atoms with Crippen LogP contribution >= 0.6 is 0 Å². The van der Waals surface area contributed by atoms with E-state index in [4.69, 9.17) is 14.4 Å². The number of nitrogens with zero attached hydrogens (tertiary/aromatic N) is 3. The summed E-state index contributed by atoms with van der Waals surface area (Å²) < 4.78 is 10.5. The maximum Gasteiger partial charge on any atom is 0.313 e. The zero-order valence-electron chi connectivity index (χ0n) is 12.7. The first-order valence-electron chi connectivity index (χ1n) is 6.99. The molecule has 0 saturated carbocycles. The molecule has 0 unspecified atom stereocenters. The first-order chi connectivity index (χ1) is 11.7. The van der Waals surface area contributed by atoms with E-state index in [1.54, 1.807) is 55.6 Å². The van der Waals surface area contributed by atoms with Gasteiger partial charge >= 0.3 is 11.8 Å². The van der Waals surface area contributed by atoms with Gasteiger partial charge in [0.05, 0.1) is 18.7 Å². The van der Waals surface area contributed by atoms with Crippen LogP contribution < -0.4 is 10.1 Å². The molecular weight excluding hydrogens is 308 g/mol. The molecule has 1 amide bonds. The summed E-state index contributed by atoms with van der Waals surface area (Å²) in [6.45, 7) is 0. The number of nitriles is 1. The molecule has 24 heavy (non-hydrogen) atoms. The fraction of sp³-hybridized carbons (Fsp3) is 0.0588. The third-order valence-corrected chi connectivity index (χ3v) is 3.23. The maximum atomic E-state index is 12.1. The van der Waals surface area contributed by atoms with Crippen molar-refractivity contribution < 1.29 is 13.9 Å². The molecule has 118 valence electrons. The summed E-state index contributed by atoms with van der Waals surface area (Å²) in [6, 6.07) is 15.5. The smallest absolute Gasteiger partial charge is 0.313 e. The van der Waals surface area contributed by atoms with Crippen LogP contribution in [-0.2, 0) is 0 Å². The van der Waals surface area contributed by atoms with Crippen molar-refractivity contribution >= 4 is 11.6 Å². The van der Waals surface area contributed by atoms with Crippen molar-refractivity contribution in [2.75, 3.05) is 12.4 Å². The fourth-order valence-electron chi connectivity index (χ4n) is 1.98. The lowest BCUT2D eigenvalue weighted by atomic mass is 10.2. The Morgan fingerprint density at radius 2 is 1.83 bits per heavy atom. The lowest BCUT2D eigenvalue weighted by Gasteiger charge is -2.01. The maximum absolute atomic E-state index is 12.1. The quantitative estimate of drug-likeness (QED) is 0.793. The van der Waals surface area contributed by atoms with Crippen LogP contribution in [0.25, 0.3) is 11.5 Å². The number of carbonyl (C=O) groups is 1. The normalized spacial score (nSPS) is 10.0. The molecule has 0 fully saturated rings. The van der Waals surface area contributed by atoms with Gasteiger partial charge in [-0.2, -0.15) is 5.26 Å². The van der Waals surface area contributed by atoms with E-state index in [1.807, 2.05) is 6.07 Å². The average molecular weight is 320 g/mol. The van der Waals surface area contributed by atoms with Crippen LogP contribution in [0.5, 0.6) is 5.75 Å². The van der Waals surface area contributed by atoms with Gasteiger partial charge in [0.1, 0.15) is 5.75 Å². The predicted octanol–water partition coefficient (Wildman–Crippen LogP) is 2.87. The van der Waals surface area contributed by atoms with Gasteiger partial charge in [-0.3, -0.25) is 4.79 Å². The number of rotatable bonds is 4. The third-order valence-electron chi connectivity index (χ3n) is 3.23. The number of nitrogens with one attached hydrogen (secondary N) is 1. The average Bonchev–Trinajstić information content (AvgIpc) is 3.13. The molecule has 1 heterocycles. The molecule has 7 nitrogen and oxygen atoms in total. The Labute approximate surface area is 137 Å². The second kappa shape index (κ2) is 6.62. The van der Waals surface area contributed by atoms with Crippen molar-refractivity contribution in [2.24, 2.45) is 0 Å². The fourth-order valence-corrected chi connectivity index (χ4v) is 1.98. The first kappa shape index (κ1) is 15.2. The topological polar surface area (TPSA) is 101 Å². The summed E-state index contributed by atoms with van der Waals surface area (Å²) >= 11 is 0. The molecule has 2 aromatic carbocycles. The highest BCUT2D eigenvalue weighted by atomic mass is 16.5. The van der Waals surface area contributed by atoms with Crippen molar-refractivity contribution in [3.05, 3.63) is 60.0 Å². The Morgan fingerprint density at radius 1 is 1.12 bits per heavy atom. The lowest BCUT2D eigenvalue weighted by molar-refractivity contribution is 0.0991. The molecule has 7 heteroatoms. The van der Waals surface area contributed by atoms with E-state index in [9.17, 15) is 4.79 Å². The largest absolute Gasteiger partial charge is 0.497 e. The lowest BCUT2D eigenvalue weighted by Crippen LogP contribution is -2.12. The molecule has 0 saturated heterocycles. The highest BCUT2D eigenvalue weighted by Gasteiger charge is 2.16. The number of carbonyl (C=O) groups excluding carboxylic acids is 1. The van der Waals surface area contributed by atoms with Crippen molar-refractivity contribution in [1.29, 1.82) is 5.26 Å². The van der Waals surface area contributed by atoms with E-state index in [2.05, 4.69) is 15.5 Å². The minimum Gasteiger partial charge on any atom is -0.497 e. The van der Waals surface area contributed by atoms with Crippen LogP contribution in [0.2, 0.25) is 0 Å². The van der Waals surface area contributed by atoms with Crippen molar-refractivity contribution in [1.82, 2.24) is 10.2 Å². The van der Waals surface area contributed by atoms with E-state index in [-0.39, 0.29) is 11.8 Å². The number of amides is 1. The number of ether oxygens (including phenoxy) is 1. The van der Waals surface area contributed by atoms with E-state index >= 15 is 0 Å². The summed E-state index contributed by atoms with van der Waals surface area (Å²) in [6.07, 6.45) is 0. The summed E-state index contributed by atoms with van der Waals surface area (Å²) in [5.41, 5.74) is 1.72. The molecule has 0 aliphatic rings. The monoisotopic (exact) mass is 320 g/mol. The van der Waals surface area contributed by atoms with Gasteiger partial charge in [0.25, 0.3) is 0 Å². The van der Waals surface area contributed by atoms with Gasteiger partial charge in [-0.05, 0) is 48.5 Å². The Bertz CT molecular complexity index is 893. The standard InChI is InChI=1S/C17H12N4O3/c1-23-14-8-4-12(5-9-14)16-20-21-17(24-16)15(22)19-13-6-2-11(10-18)3-7-13/h2-9H,1H3,(H,19,22). The molecule has 0 aliphatic heterocycles. The number of aromatic nitrogens is 2. The number of benzene rings is 2. The summed E-state index contributed by atoms with van der Waals surface area (Å²) in [5.74, 6) is 0.275. The number of hydrogen-bond acceptors (Lipinski definition) is 6. The molecule has 3 aromatic rings. The molecule has 0 atom stereocenters. The summed E-state index contributed by atoms with van der Waals surface area (Å²) in [5, 5.41) is 19.0. The third kappa shape index (κ3) is 3.23. The van der Waals surface area contributed by atoms with E-state index < -0.39 is 5.91 Å². The molecule has 1 N–H and O–H groups in total. The van der Waals surface area contributed by atoms with E-state index in [0.717, 1.165) is 0 Å². The van der Waals surface area contributed by atoms with Gasteiger partial charge in [0.15, 0.2) is 0 Å². The predicted molar refractivity (Wildman–Crippen MR) is 85.4 cm³/mol. The number of methoxy groups -OCH3 is 1. The Balaban J connectivity index is 1.74. The van der Waals surface area contributed by atoms with E-state index in [1.165, 1.54) is 0 Å². The first-order valence-corrected chi connectivity index (χ1v) is 6.99. The second-order valence-electron chi connectivity index (χ2n) is 4.78. The van der Waals surface area contributed by atoms with E-state index in [0.29, 0.717) is 22.6 Å². The van der Waals surface area contributed by atoms with Crippen LogP contribution in [0.3, 0.4) is 0 Å². The van der Waals surface area contributed by atoms with Crippen LogP contribution in [0.4, 0.5) is 5.69 Å². The summed E-state index contributed by atoms with van der Waals surface area (Å²) in [7, 11) is 1.58. The Kier molecular flexibility index (Phi) is 4.21. The molecule has 1 aromatic heterocycles. The van der Waals surface area contributed by atoms with Gasteiger partial charge in [-0.15, -0.1) is 10.2 Å². The number of anilines is 1. The Hall–Kier alpha value is -3.66. The highest BCUT2D eigenvalue weighted by Crippen LogP contribution is 2.21. The minimum atomic E-state index is -0.521. The van der Waals surface area contributed by atoms with Crippen LogP contribution in [-0.4, -0.2) is 23.2 Å². The SMILES string of the molecule is COc1ccc(-c2nnc(C(=O)Nc3ccc(C#N)cc3)o2)cc1. The molecule has 0 spiro atoms. The number of hydrogen-bond donors (Lipinski definition) is 1. The van der Waals surface area contributed by atoms with Crippen LogP contribution in [0.1, 0.15) is 16.2 Å². The molecular formula is C17H12N4O3. The van der Waals surface area contributed by atoms with Gasteiger partial charge in [0.2, 0.25) is 5.89 Å². The zero-order chi connectivity index (χ0) is 16.9. The van der Waals surface area contributed by atoms with Crippen molar-refractivity contribution in [2.45, 2.75) is 0 Å². The van der Waals surface area contributed by atoms with Crippen LogP contribution in [0.15, 0.2) is 52.9 Å². The van der Waals surface area contributed by atoms with Crippen LogP contribution in [0, 0.1) is 11.3 Å².